The Morgan fingerprint density at radius 1 is 1.05 bits per heavy atom. The molecule has 0 atom stereocenters. The first-order valence-corrected chi connectivity index (χ1v) is 6.89. The van der Waals surface area contributed by atoms with Gasteiger partial charge in [-0.25, -0.2) is 4.79 Å². The lowest BCUT2D eigenvalue weighted by Crippen LogP contribution is -2.34. The van der Waals surface area contributed by atoms with E-state index < -0.39 is 5.60 Å². The minimum absolute atomic E-state index is 0.0816. The van der Waals surface area contributed by atoms with Gasteiger partial charge in [-0.2, -0.15) is 0 Å². The minimum atomic E-state index is -0.436. The Hall–Kier alpha value is -0.810. The zero-order chi connectivity index (χ0) is 14.9. The van der Waals surface area contributed by atoms with Gasteiger partial charge in [0.1, 0.15) is 5.60 Å². The van der Waals surface area contributed by atoms with Gasteiger partial charge in [0.15, 0.2) is 0 Å². The number of nitrogens with one attached hydrogen (secondary N) is 2. The summed E-state index contributed by atoms with van der Waals surface area (Å²) >= 11 is 0. The number of alkyl carbamates (subject to hydrolysis) is 1. The van der Waals surface area contributed by atoms with Crippen LogP contribution in [0.25, 0.3) is 0 Å². The summed E-state index contributed by atoms with van der Waals surface area (Å²) in [5, 5.41) is 6.06. The third-order valence-electron chi connectivity index (χ3n) is 2.65. The standard InChI is InChI=1S/C14H30N2O3/c1-13(2,3)19-12(17)16-10-7-9-15-11-8-14(4,5)18-6/h15H,7-11H2,1-6H3,(H,16,17). The van der Waals surface area contributed by atoms with Crippen LogP contribution in [0, 0.1) is 0 Å². The second-order valence-corrected chi connectivity index (χ2v) is 6.25. The van der Waals surface area contributed by atoms with E-state index in [-0.39, 0.29) is 11.7 Å². The Labute approximate surface area is 117 Å². The van der Waals surface area contributed by atoms with Crippen LogP contribution in [0.2, 0.25) is 0 Å². The maximum absolute atomic E-state index is 11.3. The van der Waals surface area contributed by atoms with Crippen molar-refractivity contribution in [3.63, 3.8) is 0 Å². The van der Waals surface area contributed by atoms with E-state index in [0.29, 0.717) is 6.54 Å². The van der Waals surface area contributed by atoms with Crippen molar-refractivity contribution in [2.75, 3.05) is 26.7 Å². The molecular weight excluding hydrogens is 244 g/mol. The second-order valence-electron chi connectivity index (χ2n) is 6.25. The first kappa shape index (κ1) is 18.2. The number of carbonyl (C=O) groups is 1. The van der Waals surface area contributed by atoms with E-state index >= 15 is 0 Å². The van der Waals surface area contributed by atoms with Crippen molar-refractivity contribution in [2.24, 2.45) is 0 Å². The van der Waals surface area contributed by atoms with Crippen LogP contribution in [0.15, 0.2) is 0 Å². The van der Waals surface area contributed by atoms with Crippen molar-refractivity contribution in [1.82, 2.24) is 10.6 Å². The summed E-state index contributed by atoms with van der Waals surface area (Å²) in [6.45, 7) is 12.1. The molecule has 0 radical (unpaired) electrons. The zero-order valence-corrected chi connectivity index (χ0v) is 13.3. The lowest BCUT2D eigenvalue weighted by Gasteiger charge is -2.22. The predicted octanol–water partition coefficient (Wildman–Crippen LogP) is 2.31. The van der Waals surface area contributed by atoms with Gasteiger partial charge in [0.05, 0.1) is 5.60 Å². The summed E-state index contributed by atoms with van der Waals surface area (Å²) < 4.78 is 10.5. The molecule has 0 aromatic rings. The highest BCUT2D eigenvalue weighted by atomic mass is 16.6. The van der Waals surface area contributed by atoms with Gasteiger partial charge in [0, 0.05) is 13.7 Å². The molecular formula is C14H30N2O3. The van der Waals surface area contributed by atoms with E-state index in [2.05, 4.69) is 24.5 Å². The first-order valence-electron chi connectivity index (χ1n) is 6.89. The van der Waals surface area contributed by atoms with Crippen LogP contribution in [0.3, 0.4) is 0 Å². The Morgan fingerprint density at radius 3 is 2.21 bits per heavy atom. The quantitative estimate of drug-likeness (QED) is 0.667. The summed E-state index contributed by atoms with van der Waals surface area (Å²) in [5.74, 6) is 0. The largest absolute Gasteiger partial charge is 0.444 e. The molecule has 0 heterocycles. The molecule has 5 heteroatoms. The maximum Gasteiger partial charge on any atom is 0.407 e. The van der Waals surface area contributed by atoms with E-state index in [1.165, 1.54) is 0 Å². The van der Waals surface area contributed by atoms with Crippen LogP contribution in [-0.4, -0.2) is 44.0 Å². The van der Waals surface area contributed by atoms with Gasteiger partial charge in [-0.05, 0) is 60.5 Å². The Balaban J connectivity index is 3.44. The van der Waals surface area contributed by atoms with Crippen molar-refractivity contribution in [3.05, 3.63) is 0 Å². The van der Waals surface area contributed by atoms with Crippen LogP contribution >= 0.6 is 0 Å². The lowest BCUT2D eigenvalue weighted by molar-refractivity contribution is 0.0159. The molecule has 114 valence electrons. The number of amides is 1. The highest BCUT2D eigenvalue weighted by Crippen LogP contribution is 2.11. The summed E-state index contributed by atoms with van der Waals surface area (Å²) in [7, 11) is 1.73. The molecule has 0 aliphatic carbocycles. The molecule has 1 amide bonds. The van der Waals surface area contributed by atoms with Gasteiger partial charge in [-0.1, -0.05) is 0 Å². The predicted molar refractivity (Wildman–Crippen MR) is 77.4 cm³/mol. The van der Waals surface area contributed by atoms with E-state index in [0.717, 1.165) is 25.9 Å². The molecule has 0 aliphatic heterocycles. The Morgan fingerprint density at radius 2 is 1.68 bits per heavy atom. The summed E-state index contributed by atoms with van der Waals surface area (Å²) in [6, 6.07) is 0. The van der Waals surface area contributed by atoms with Crippen molar-refractivity contribution in [2.45, 2.75) is 58.7 Å². The number of ether oxygens (including phenoxy) is 2. The zero-order valence-electron chi connectivity index (χ0n) is 13.3. The summed E-state index contributed by atoms with van der Waals surface area (Å²) in [6.07, 6.45) is 1.49. The number of methoxy groups -OCH3 is 1. The van der Waals surface area contributed by atoms with Crippen molar-refractivity contribution < 1.29 is 14.3 Å². The summed E-state index contributed by atoms with van der Waals surface area (Å²) in [4.78, 5) is 11.3. The van der Waals surface area contributed by atoms with Crippen LogP contribution in [0.4, 0.5) is 4.79 Å². The SMILES string of the molecule is COC(C)(C)CCNCCCNC(=O)OC(C)(C)C. The average molecular weight is 274 g/mol. The molecule has 0 aromatic heterocycles. The van der Waals surface area contributed by atoms with E-state index in [1.54, 1.807) is 7.11 Å². The average Bonchev–Trinajstić information content (AvgIpc) is 2.25. The smallest absolute Gasteiger partial charge is 0.407 e. The molecule has 0 saturated heterocycles. The monoisotopic (exact) mass is 274 g/mol. The molecule has 0 unspecified atom stereocenters. The van der Waals surface area contributed by atoms with E-state index in [4.69, 9.17) is 9.47 Å². The summed E-state index contributed by atoms with van der Waals surface area (Å²) in [5.41, 5.74) is -0.518. The topological polar surface area (TPSA) is 59.6 Å². The normalized spacial score (nSPS) is 12.3. The van der Waals surface area contributed by atoms with Gasteiger partial charge in [-0.3, -0.25) is 0 Å². The van der Waals surface area contributed by atoms with Crippen LogP contribution in [0.5, 0.6) is 0 Å². The third kappa shape index (κ3) is 12.0. The van der Waals surface area contributed by atoms with Crippen LogP contribution < -0.4 is 10.6 Å². The molecule has 0 saturated carbocycles. The molecule has 0 fully saturated rings. The van der Waals surface area contributed by atoms with Gasteiger partial charge in [0.25, 0.3) is 0 Å². The van der Waals surface area contributed by atoms with Gasteiger partial charge < -0.3 is 20.1 Å². The lowest BCUT2D eigenvalue weighted by atomic mass is 10.1. The van der Waals surface area contributed by atoms with Crippen LogP contribution in [0.1, 0.15) is 47.5 Å². The Kier molecular flexibility index (Phi) is 8.02. The fourth-order valence-corrected chi connectivity index (χ4v) is 1.33. The van der Waals surface area contributed by atoms with Gasteiger partial charge >= 0.3 is 6.09 Å². The molecule has 0 bridgehead atoms. The van der Waals surface area contributed by atoms with E-state index in [1.807, 2.05) is 20.8 Å². The minimum Gasteiger partial charge on any atom is -0.444 e. The fourth-order valence-electron chi connectivity index (χ4n) is 1.33. The van der Waals surface area contributed by atoms with Crippen molar-refractivity contribution in [1.29, 1.82) is 0 Å². The second kappa shape index (κ2) is 8.38. The first-order chi connectivity index (χ1) is 8.66. The van der Waals surface area contributed by atoms with Crippen molar-refractivity contribution >= 4 is 6.09 Å². The fraction of sp³-hybridized carbons (Fsp3) is 0.929. The molecule has 0 rings (SSSR count). The molecule has 2 N–H and O–H groups in total. The molecule has 19 heavy (non-hydrogen) atoms. The number of hydrogen-bond donors (Lipinski definition) is 2. The van der Waals surface area contributed by atoms with Gasteiger partial charge in [0.2, 0.25) is 0 Å². The number of hydrogen-bond acceptors (Lipinski definition) is 4. The van der Waals surface area contributed by atoms with Crippen LogP contribution in [-0.2, 0) is 9.47 Å². The van der Waals surface area contributed by atoms with Gasteiger partial charge in [-0.15, -0.1) is 0 Å². The molecule has 5 nitrogen and oxygen atoms in total. The third-order valence-corrected chi connectivity index (χ3v) is 2.65. The Bertz CT molecular complexity index is 260. The molecule has 0 spiro atoms. The van der Waals surface area contributed by atoms with Crippen molar-refractivity contribution in [3.8, 4) is 0 Å². The number of rotatable bonds is 8. The maximum atomic E-state index is 11.3. The number of carbonyl (C=O) groups excluding carboxylic acids is 1. The highest BCUT2D eigenvalue weighted by Gasteiger charge is 2.16. The van der Waals surface area contributed by atoms with E-state index in [9.17, 15) is 4.79 Å². The molecule has 0 aromatic carbocycles. The highest BCUT2D eigenvalue weighted by molar-refractivity contribution is 5.67. The molecule has 0 aliphatic rings.